The molecule has 0 heterocycles. The van der Waals surface area contributed by atoms with Crippen molar-refractivity contribution in [3.8, 4) is 17.6 Å². The lowest BCUT2D eigenvalue weighted by Gasteiger charge is -2.19. The van der Waals surface area contributed by atoms with Gasteiger partial charge in [-0.15, -0.1) is 0 Å². The third-order valence-corrected chi connectivity index (χ3v) is 3.55. The Morgan fingerprint density at radius 1 is 1.19 bits per heavy atom. The molecular formula is C16H15BrN2O2. The molecule has 0 spiro atoms. The Kier molecular flexibility index (Phi) is 5.20. The van der Waals surface area contributed by atoms with Crippen molar-refractivity contribution in [2.45, 2.75) is 6.10 Å². The zero-order valence-electron chi connectivity index (χ0n) is 11.5. The van der Waals surface area contributed by atoms with Gasteiger partial charge in [0.1, 0.15) is 6.10 Å². The smallest absolute Gasteiger partial charge is 0.162 e. The third kappa shape index (κ3) is 3.75. The average molecular weight is 347 g/mol. The number of nitrogens with zero attached hydrogens (tertiary/aromatic N) is 1. The fourth-order valence-corrected chi connectivity index (χ4v) is 2.18. The summed E-state index contributed by atoms with van der Waals surface area (Å²) in [5.41, 5.74) is 7.31. The molecule has 0 aliphatic rings. The van der Waals surface area contributed by atoms with Crippen LogP contribution in [0.2, 0.25) is 0 Å². The molecule has 0 bridgehead atoms. The van der Waals surface area contributed by atoms with E-state index in [1.54, 1.807) is 25.3 Å². The van der Waals surface area contributed by atoms with Gasteiger partial charge >= 0.3 is 0 Å². The van der Waals surface area contributed by atoms with Crippen LogP contribution in [-0.4, -0.2) is 13.7 Å². The van der Waals surface area contributed by atoms with Crippen LogP contribution in [0.5, 0.6) is 11.5 Å². The fraction of sp³-hybridized carbons (Fsp3) is 0.188. The molecule has 2 aromatic carbocycles. The monoisotopic (exact) mass is 346 g/mol. The molecule has 21 heavy (non-hydrogen) atoms. The molecule has 0 radical (unpaired) electrons. The summed E-state index contributed by atoms with van der Waals surface area (Å²) in [5, 5.41) is 8.91. The van der Waals surface area contributed by atoms with Crippen LogP contribution in [0.3, 0.4) is 0 Å². The van der Waals surface area contributed by atoms with Gasteiger partial charge in [-0.3, -0.25) is 0 Å². The van der Waals surface area contributed by atoms with Crippen molar-refractivity contribution in [1.29, 1.82) is 5.26 Å². The van der Waals surface area contributed by atoms with E-state index >= 15 is 0 Å². The second-order valence-corrected chi connectivity index (χ2v) is 5.29. The lowest BCUT2D eigenvalue weighted by molar-refractivity contribution is 0.204. The third-order valence-electron chi connectivity index (χ3n) is 3.02. The minimum atomic E-state index is -0.278. The first-order chi connectivity index (χ1) is 10.2. The molecule has 0 aromatic heterocycles. The van der Waals surface area contributed by atoms with Crippen molar-refractivity contribution in [3.05, 3.63) is 58.1 Å². The molecule has 0 fully saturated rings. The van der Waals surface area contributed by atoms with Crippen LogP contribution >= 0.6 is 15.9 Å². The molecule has 2 rings (SSSR count). The van der Waals surface area contributed by atoms with Crippen LogP contribution in [0.15, 0.2) is 46.9 Å². The molecule has 1 unspecified atom stereocenters. The number of nitriles is 1. The maximum Gasteiger partial charge on any atom is 0.162 e. The molecule has 0 saturated carbocycles. The molecule has 0 saturated heterocycles. The summed E-state index contributed by atoms with van der Waals surface area (Å²) >= 11 is 3.40. The molecule has 4 nitrogen and oxygen atoms in total. The average Bonchev–Trinajstić information content (AvgIpc) is 2.53. The van der Waals surface area contributed by atoms with Crippen molar-refractivity contribution in [2.24, 2.45) is 5.73 Å². The maximum atomic E-state index is 8.91. The highest BCUT2D eigenvalue weighted by molar-refractivity contribution is 9.10. The Morgan fingerprint density at radius 3 is 2.48 bits per heavy atom. The number of methoxy groups -OCH3 is 1. The van der Waals surface area contributed by atoms with E-state index in [-0.39, 0.29) is 6.10 Å². The number of ether oxygens (including phenoxy) is 2. The van der Waals surface area contributed by atoms with Gasteiger partial charge in [-0.1, -0.05) is 28.1 Å². The van der Waals surface area contributed by atoms with Gasteiger partial charge in [-0.25, -0.2) is 0 Å². The number of halogens is 1. The number of hydrogen-bond acceptors (Lipinski definition) is 4. The zero-order valence-corrected chi connectivity index (χ0v) is 13.1. The predicted molar refractivity (Wildman–Crippen MR) is 84.3 cm³/mol. The first-order valence-electron chi connectivity index (χ1n) is 6.38. The van der Waals surface area contributed by atoms with Gasteiger partial charge < -0.3 is 15.2 Å². The van der Waals surface area contributed by atoms with Crippen LogP contribution in [0.25, 0.3) is 0 Å². The molecule has 2 aromatic rings. The molecule has 0 aliphatic heterocycles. The van der Waals surface area contributed by atoms with Crippen LogP contribution in [-0.2, 0) is 0 Å². The predicted octanol–water partition coefficient (Wildman–Crippen LogP) is 3.41. The van der Waals surface area contributed by atoms with Gasteiger partial charge in [0.25, 0.3) is 0 Å². The minimum absolute atomic E-state index is 0.278. The largest absolute Gasteiger partial charge is 0.493 e. The highest BCUT2D eigenvalue weighted by Gasteiger charge is 2.14. The van der Waals surface area contributed by atoms with Gasteiger partial charge in [0, 0.05) is 17.1 Å². The minimum Gasteiger partial charge on any atom is -0.493 e. The Hall–Kier alpha value is -2.03. The number of hydrogen-bond donors (Lipinski definition) is 1. The van der Waals surface area contributed by atoms with Crippen LogP contribution in [0, 0.1) is 11.3 Å². The Balaban J connectivity index is 2.26. The summed E-state index contributed by atoms with van der Waals surface area (Å²) < 4.78 is 12.2. The van der Waals surface area contributed by atoms with Crippen LogP contribution in [0.1, 0.15) is 17.2 Å². The lowest BCUT2D eigenvalue weighted by Crippen LogP contribution is -2.18. The van der Waals surface area contributed by atoms with E-state index in [0.29, 0.717) is 23.6 Å². The first kappa shape index (κ1) is 15.4. The van der Waals surface area contributed by atoms with E-state index < -0.39 is 0 Å². The second kappa shape index (κ2) is 7.11. The summed E-state index contributed by atoms with van der Waals surface area (Å²) in [7, 11) is 1.54. The van der Waals surface area contributed by atoms with Gasteiger partial charge in [0.15, 0.2) is 11.5 Å². The van der Waals surface area contributed by atoms with Crippen molar-refractivity contribution >= 4 is 15.9 Å². The highest BCUT2D eigenvalue weighted by atomic mass is 79.9. The standard InChI is InChI=1S/C16H15BrN2O2/c1-20-15-8-11(9-18)2-7-14(15)21-16(10-19)12-3-5-13(17)6-4-12/h2-8,16H,10,19H2,1H3. The summed E-state index contributed by atoms with van der Waals surface area (Å²) in [5.74, 6) is 1.08. The Morgan fingerprint density at radius 2 is 1.90 bits per heavy atom. The number of rotatable bonds is 5. The number of nitrogens with two attached hydrogens (primary N) is 1. The van der Waals surface area contributed by atoms with Gasteiger partial charge in [-0.05, 0) is 29.8 Å². The molecule has 0 amide bonds. The summed E-state index contributed by atoms with van der Waals surface area (Å²) in [6, 6.07) is 14.9. The summed E-state index contributed by atoms with van der Waals surface area (Å²) in [6.07, 6.45) is -0.278. The highest BCUT2D eigenvalue weighted by Crippen LogP contribution is 2.32. The maximum absolute atomic E-state index is 8.91. The van der Waals surface area contributed by atoms with Crippen molar-refractivity contribution in [3.63, 3.8) is 0 Å². The first-order valence-corrected chi connectivity index (χ1v) is 7.17. The SMILES string of the molecule is COc1cc(C#N)ccc1OC(CN)c1ccc(Br)cc1. The Labute approximate surface area is 132 Å². The van der Waals surface area contributed by atoms with Crippen LogP contribution in [0.4, 0.5) is 0 Å². The summed E-state index contributed by atoms with van der Waals surface area (Å²) in [4.78, 5) is 0. The van der Waals surface area contributed by atoms with Crippen molar-refractivity contribution in [1.82, 2.24) is 0 Å². The normalized spacial score (nSPS) is 11.5. The van der Waals surface area contributed by atoms with Gasteiger partial charge in [0.05, 0.1) is 18.7 Å². The topological polar surface area (TPSA) is 68.3 Å². The van der Waals surface area contributed by atoms with E-state index in [4.69, 9.17) is 20.5 Å². The molecule has 0 aliphatic carbocycles. The lowest BCUT2D eigenvalue weighted by atomic mass is 10.1. The molecule has 5 heteroatoms. The van der Waals surface area contributed by atoms with E-state index in [2.05, 4.69) is 22.0 Å². The van der Waals surface area contributed by atoms with E-state index in [9.17, 15) is 0 Å². The molecular weight excluding hydrogens is 332 g/mol. The van der Waals surface area contributed by atoms with Gasteiger partial charge in [0.2, 0.25) is 0 Å². The zero-order chi connectivity index (χ0) is 15.2. The van der Waals surface area contributed by atoms with E-state index in [1.807, 2.05) is 24.3 Å². The number of benzene rings is 2. The second-order valence-electron chi connectivity index (χ2n) is 4.37. The Bertz CT molecular complexity index is 650. The van der Waals surface area contributed by atoms with E-state index in [0.717, 1.165) is 10.0 Å². The van der Waals surface area contributed by atoms with E-state index in [1.165, 1.54) is 0 Å². The van der Waals surface area contributed by atoms with Crippen LogP contribution < -0.4 is 15.2 Å². The van der Waals surface area contributed by atoms with Crippen molar-refractivity contribution < 1.29 is 9.47 Å². The fourth-order valence-electron chi connectivity index (χ4n) is 1.92. The molecule has 1 atom stereocenters. The van der Waals surface area contributed by atoms with Crippen molar-refractivity contribution in [2.75, 3.05) is 13.7 Å². The molecule has 108 valence electrons. The molecule has 2 N–H and O–H groups in total. The quantitative estimate of drug-likeness (QED) is 0.900. The summed E-state index contributed by atoms with van der Waals surface area (Å²) in [6.45, 7) is 0.338. The van der Waals surface area contributed by atoms with Gasteiger partial charge in [-0.2, -0.15) is 5.26 Å².